The van der Waals surface area contributed by atoms with Crippen LogP contribution in [0.1, 0.15) is 18.2 Å². The van der Waals surface area contributed by atoms with Crippen LogP contribution in [0.25, 0.3) is 0 Å². The zero-order valence-electron chi connectivity index (χ0n) is 8.37. The molecule has 0 amide bonds. The first-order valence-corrected chi connectivity index (χ1v) is 4.15. The summed E-state index contributed by atoms with van der Waals surface area (Å²) < 4.78 is 9.85. The molecule has 0 aliphatic rings. The minimum absolute atomic E-state index is 0.220. The maximum atomic E-state index is 8.87. The van der Waals surface area contributed by atoms with Crippen LogP contribution in [0.2, 0.25) is 0 Å². The van der Waals surface area contributed by atoms with E-state index in [2.05, 4.69) is 9.97 Å². The molecule has 74 valence electrons. The van der Waals surface area contributed by atoms with Gasteiger partial charge in [-0.25, -0.2) is 0 Å². The van der Waals surface area contributed by atoms with Crippen molar-refractivity contribution < 1.29 is 9.47 Å². The summed E-state index contributed by atoms with van der Waals surface area (Å²) in [6, 6.07) is 2.23. The van der Waals surface area contributed by atoms with Gasteiger partial charge in [0.2, 0.25) is 5.88 Å². The number of hydrogen-bond donors (Lipinski definition) is 0. The molecule has 0 saturated heterocycles. The lowest BCUT2D eigenvalue weighted by atomic mass is 10.2. The standard InChI is InChI=1S/C9H11N3O2/c1-4-7-6(5-10)8(13-2)12-9(11-7)14-3/h4H2,1-3H3. The van der Waals surface area contributed by atoms with Gasteiger partial charge in [-0.15, -0.1) is 0 Å². The summed E-state index contributed by atoms with van der Waals surface area (Å²) in [5, 5.41) is 8.87. The molecule has 5 nitrogen and oxygen atoms in total. The summed E-state index contributed by atoms with van der Waals surface area (Å²) >= 11 is 0. The summed E-state index contributed by atoms with van der Waals surface area (Å²) in [6.07, 6.45) is 0.637. The van der Waals surface area contributed by atoms with Gasteiger partial charge < -0.3 is 9.47 Å². The van der Waals surface area contributed by atoms with E-state index in [1.165, 1.54) is 14.2 Å². The highest BCUT2D eigenvalue weighted by molar-refractivity contribution is 5.42. The van der Waals surface area contributed by atoms with Gasteiger partial charge in [0.1, 0.15) is 11.6 Å². The van der Waals surface area contributed by atoms with Crippen LogP contribution < -0.4 is 9.47 Å². The molecule has 1 heterocycles. The van der Waals surface area contributed by atoms with Gasteiger partial charge in [-0.05, 0) is 6.42 Å². The molecule has 1 rings (SSSR count). The number of methoxy groups -OCH3 is 2. The van der Waals surface area contributed by atoms with Gasteiger partial charge in [0.05, 0.1) is 19.9 Å². The van der Waals surface area contributed by atoms with Crippen molar-refractivity contribution in [3.05, 3.63) is 11.3 Å². The second kappa shape index (κ2) is 4.42. The topological polar surface area (TPSA) is 68.0 Å². The van der Waals surface area contributed by atoms with E-state index >= 15 is 0 Å². The van der Waals surface area contributed by atoms with Gasteiger partial charge in [0.25, 0.3) is 0 Å². The smallest absolute Gasteiger partial charge is 0.319 e. The van der Waals surface area contributed by atoms with Crippen molar-refractivity contribution in [1.29, 1.82) is 5.26 Å². The molecule has 0 aromatic carbocycles. The highest BCUT2D eigenvalue weighted by Crippen LogP contribution is 2.20. The fourth-order valence-electron chi connectivity index (χ4n) is 1.07. The molecule has 1 aromatic heterocycles. The minimum Gasteiger partial charge on any atom is -0.480 e. The fraction of sp³-hybridized carbons (Fsp3) is 0.444. The number of aromatic nitrogens is 2. The number of aryl methyl sites for hydroxylation is 1. The fourth-order valence-corrected chi connectivity index (χ4v) is 1.07. The lowest BCUT2D eigenvalue weighted by Crippen LogP contribution is -2.03. The Morgan fingerprint density at radius 3 is 2.43 bits per heavy atom. The molecule has 0 atom stereocenters. The molecular weight excluding hydrogens is 182 g/mol. The molecule has 0 spiro atoms. The molecule has 0 N–H and O–H groups in total. The van der Waals surface area contributed by atoms with E-state index < -0.39 is 0 Å². The molecule has 0 bridgehead atoms. The quantitative estimate of drug-likeness (QED) is 0.714. The SMILES string of the molecule is CCc1nc(OC)nc(OC)c1C#N. The maximum Gasteiger partial charge on any atom is 0.319 e. The van der Waals surface area contributed by atoms with Gasteiger partial charge in [0, 0.05) is 0 Å². The molecule has 0 aliphatic heterocycles. The van der Waals surface area contributed by atoms with Crippen LogP contribution in [0.15, 0.2) is 0 Å². The van der Waals surface area contributed by atoms with Crippen molar-refractivity contribution in [3.63, 3.8) is 0 Å². The normalized spacial score (nSPS) is 9.29. The number of nitrogens with zero attached hydrogens (tertiary/aromatic N) is 3. The zero-order chi connectivity index (χ0) is 10.6. The van der Waals surface area contributed by atoms with Crippen LogP contribution in [0.5, 0.6) is 11.9 Å². The van der Waals surface area contributed by atoms with Crippen molar-refractivity contribution in [2.75, 3.05) is 14.2 Å². The van der Waals surface area contributed by atoms with Gasteiger partial charge in [-0.2, -0.15) is 15.2 Å². The molecule has 0 saturated carbocycles. The van der Waals surface area contributed by atoms with Gasteiger partial charge in [-0.3, -0.25) is 0 Å². The summed E-state index contributed by atoms with van der Waals surface area (Å²) in [5.74, 6) is 0.260. The Hall–Kier alpha value is -1.83. The van der Waals surface area contributed by atoms with E-state index in [9.17, 15) is 0 Å². The summed E-state index contributed by atoms with van der Waals surface area (Å²) in [7, 11) is 2.93. The lowest BCUT2D eigenvalue weighted by Gasteiger charge is -2.06. The molecule has 0 unspecified atom stereocenters. The Kier molecular flexibility index (Phi) is 3.24. The van der Waals surface area contributed by atoms with E-state index in [1.54, 1.807) is 0 Å². The third kappa shape index (κ3) is 1.74. The third-order valence-corrected chi connectivity index (χ3v) is 1.75. The summed E-state index contributed by atoms with van der Waals surface area (Å²) in [4.78, 5) is 7.96. The van der Waals surface area contributed by atoms with E-state index in [0.717, 1.165) is 0 Å². The number of nitriles is 1. The van der Waals surface area contributed by atoms with Crippen LogP contribution in [-0.2, 0) is 6.42 Å². The van der Waals surface area contributed by atoms with E-state index in [-0.39, 0.29) is 11.9 Å². The van der Waals surface area contributed by atoms with Crippen LogP contribution in [0.3, 0.4) is 0 Å². The molecule has 5 heteroatoms. The second-order valence-electron chi connectivity index (χ2n) is 2.51. The molecule has 14 heavy (non-hydrogen) atoms. The van der Waals surface area contributed by atoms with Crippen LogP contribution in [0, 0.1) is 11.3 Å². The Morgan fingerprint density at radius 2 is 2.00 bits per heavy atom. The van der Waals surface area contributed by atoms with Gasteiger partial charge in [-0.1, -0.05) is 6.92 Å². The predicted molar refractivity (Wildman–Crippen MR) is 49.2 cm³/mol. The van der Waals surface area contributed by atoms with Gasteiger partial charge in [0.15, 0.2) is 0 Å². The largest absolute Gasteiger partial charge is 0.480 e. The molecule has 0 fully saturated rings. The van der Waals surface area contributed by atoms with Crippen LogP contribution in [-0.4, -0.2) is 24.2 Å². The molecule has 0 radical (unpaired) electrons. The lowest BCUT2D eigenvalue weighted by molar-refractivity contribution is 0.349. The van der Waals surface area contributed by atoms with Crippen molar-refractivity contribution in [2.45, 2.75) is 13.3 Å². The van der Waals surface area contributed by atoms with Crippen molar-refractivity contribution >= 4 is 0 Å². The number of ether oxygens (including phenoxy) is 2. The zero-order valence-corrected chi connectivity index (χ0v) is 8.37. The van der Waals surface area contributed by atoms with Gasteiger partial charge >= 0.3 is 6.01 Å². The summed E-state index contributed by atoms with van der Waals surface area (Å²) in [5.41, 5.74) is 1.01. The maximum absolute atomic E-state index is 8.87. The molecular formula is C9H11N3O2. The average Bonchev–Trinajstić information content (AvgIpc) is 2.26. The Labute approximate surface area is 82.3 Å². The predicted octanol–water partition coefficient (Wildman–Crippen LogP) is 0.928. The highest BCUT2D eigenvalue weighted by Gasteiger charge is 2.13. The Balaban J connectivity index is 3.34. The average molecular weight is 193 g/mol. The van der Waals surface area contributed by atoms with Crippen LogP contribution in [0.4, 0.5) is 0 Å². The molecule has 0 aliphatic carbocycles. The first-order chi connectivity index (χ1) is 6.76. The Bertz CT molecular complexity index is 346. The summed E-state index contributed by atoms with van der Waals surface area (Å²) in [6.45, 7) is 1.90. The van der Waals surface area contributed by atoms with E-state index in [4.69, 9.17) is 14.7 Å². The minimum atomic E-state index is 0.220. The van der Waals surface area contributed by atoms with Crippen molar-refractivity contribution in [3.8, 4) is 18.0 Å². The van der Waals surface area contributed by atoms with E-state index in [1.807, 2.05) is 13.0 Å². The highest BCUT2D eigenvalue weighted by atomic mass is 16.5. The first kappa shape index (κ1) is 10.3. The Morgan fingerprint density at radius 1 is 1.29 bits per heavy atom. The van der Waals surface area contributed by atoms with Crippen molar-refractivity contribution in [2.24, 2.45) is 0 Å². The number of hydrogen-bond acceptors (Lipinski definition) is 5. The first-order valence-electron chi connectivity index (χ1n) is 4.15. The van der Waals surface area contributed by atoms with Crippen molar-refractivity contribution in [1.82, 2.24) is 9.97 Å². The van der Waals surface area contributed by atoms with E-state index in [0.29, 0.717) is 17.7 Å². The monoisotopic (exact) mass is 193 g/mol. The van der Waals surface area contributed by atoms with Crippen LogP contribution >= 0.6 is 0 Å². The number of rotatable bonds is 3. The second-order valence-corrected chi connectivity index (χ2v) is 2.51. The molecule has 1 aromatic rings. The third-order valence-electron chi connectivity index (χ3n) is 1.75.